The predicted octanol–water partition coefficient (Wildman–Crippen LogP) is 4.05. The van der Waals surface area contributed by atoms with E-state index in [1.165, 1.54) is 12.1 Å². The van der Waals surface area contributed by atoms with E-state index >= 15 is 0 Å². The highest BCUT2D eigenvalue weighted by molar-refractivity contribution is 5.86. The number of aromatic hydroxyl groups is 1. The molecule has 0 unspecified atom stereocenters. The van der Waals surface area contributed by atoms with Gasteiger partial charge >= 0.3 is 0 Å². The number of rotatable bonds is 8. The lowest BCUT2D eigenvalue weighted by molar-refractivity contribution is 0.0370. The van der Waals surface area contributed by atoms with Crippen LogP contribution in [0, 0.1) is 0 Å². The topological polar surface area (TPSA) is 72.1 Å². The van der Waals surface area contributed by atoms with E-state index in [1.807, 2.05) is 30.3 Å². The highest BCUT2D eigenvalue weighted by Gasteiger charge is 2.13. The maximum absolute atomic E-state index is 12.5. The Bertz CT molecular complexity index is 1020. The van der Waals surface area contributed by atoms with Gasteiger partial charge in [0, 0.05) is 36.9 Å². The number of phenolic OH excluding ortho intramolecular Hbond substituents is 1. The smallest absolute Gasteiger partial charge is 0.197 e. The van der Waals surface area contributed by atoms with Gasteiger partial charge in [0.1, 0.15) is 28.2 Å². The minimum absolute atomic E-state index is 0.122. The third-order valence-electron chi connectivity index (χ3n) is 5.33. The minimum atomic E-state index is -0.276. The molecular weight excluding hydrogens is 382 g/mol. The molecule has 0 bridgehead atoms. The Hall–Kier alpha value is -2.83. The van der Waals surface area contributed by atoms with E-state index in [4.69, 9.17) is 13.9 Å². The summed E-state index contributed by atoms with van der Waals surface area (Å²) in [6.07, 6.45) is 3.13. The zero-order chi connectivity index (χ0) is 20.8. The van der Waals surface area contributed by atoms with Crippen LogP contribution < -0.4 is 10.2 Å². The van der Waals surface area contributed by atoms with Gasteiger partial charge in [-0.2, -0.15) is 0 Å². The molecule has 0 saturated carbocycles. The van der Waals surface area contributed by atoms with E-state index in [-0.39, 0.29) is 16.6 Å². The second-order valence-electron chi connectivity index (χ2n) is 7.52. The highest BCUT2D eigenvalue weighted by Crippen LogP contribution is 2.31. The van der Waals surface area contributed by atoms with E-state index in [2.05, 4.69) is 4.90 Å². The molecule has 2 heterocycles. The first-order valence-electron chi connectivity index (χ1n) is 10.5. The van der Waals surface area contributed by atoms with Crippen molar-refractivity contribution in [3.05, 3.63) is 58.8 Å². The first kappa shape index (κ1) is 20.4. The fraction of sp³-hybridized carbons (Fsp3) is 0.375. The van der Waals surface area contributed by atoms with Crippen LogP contribution in [0.4, 0.5) is 0 Å². The molecule has 1 aromatic heterocycles. The van der Waals surface area contributed by atoms with Crippen molar-refractivity contribution in [2.75, 3.05) is 39.5 Å². The molecular formula is C24H27NO5. The molecule has 1 N–H and O–H groups in total. The van der Waals surface area contributed by atoms with Crippen LogP contribution in [-0.2, 0) is 4.74 Å². The van der Waals surface area contributed by atoms with Crippen molar-refractivity contribution in [2.45, 2.75) is 19.3 Å². The summed E-state index contributed by atoms with van der Waals surface area (Å²) in [5.41, 5.74) is 0.855. The van der Waals surface area contributed by atoms with Gasteiger partial charge in [-0.1, -0.05) is 30.3 Å². The van der Waals surface area contributed by atoms with Crippen molar-refractivity contribution in [3.8, 4) is 22.8 Å². The standard InChI is InChI=1S/C24H27NO5/c26-20-15-19(29-12-6-2-5-9-25-10-13-28-14-11-25)16-23-24(20)21(27)17-22(30-23)18-7-3-1-4-8-18/h1,3-4,7-8,15-17,26H,2,5-6,9-14H2. The van der Waals surface area contributed by atoms with Crippen molar-refractivity contribution in [3.63, 3.8) is 0 Å². The van der Waals surface area contributed by atoms with Gasteiger partial charge in [-0.05, 0) is 25.8 Å². The van der Waals surface area contributed by atoms with Crippen molar-refractivity contribution in [1.82, 2.24) is 4.90 Å². The second-order valence-corrected chi connectivity index (χ2v) is 7.52. The fourth-order valence-corrected chi connectivity index (χ4v) is 3.70. The number of hydrogen-bond acceptors (Lipinski definition) is 6. The first-order valence-corrected chi connectivity index (χ1v) is 10.5. The summed E-state index contributed by atoms with van der Waals surface area (Å²) >= 11 is 0. The molecule has 6 heteroatoms. The molecule has 1 saturated heterocycles. The van der Waals surface area contributed by atoms with Gasteiger partial charge in [0.05, 0.1) is 19.8 Å². The number of ether oxygens (including phenoxy) is 2. The summed E-state index contributed by atoms with van der Waals surface area (Å²) < 4.78 is 17.1. The summed E-state index contributed by atoms with van der Waals surface area (Å²) in [6, 6.07) is 14.0. The lowest BCUT2D eigenvalue weighted by Gasteiger charge is -2.26. The zero-order valence-electron chi connectivity index (χ0n) is 17.0. The van der Waals surface area contributed by atoms with Crippen molar-refractivity contribution in [1.29, 1.82) is 0 Å². The van der Waals surface area contributed by atoms with Crippen LogP contribution >= 0.6 is 0 Å². The van der Waals surface area contributed by atoms with Gasteiger partial charge in [0.15, 0.2) is 5.43 Å². The number of phenols is 1. The number of hydrogen-bond donors (Lipinski definition) is 1. The van der Waals surface area contributed by atoms with Crippen LogP contribution in [0.5, 0.6) is 11.5 Å². The summed E-state index contributed by atoms with van der Waals surface area (Å²) in [6.45, 7) is 5.34. The first-order chi connectivity index (χ1) is 14.7. The van der Waals surface area contributed by atoms with Gasteiger partial charge < -0.3 is 19.0 Å². The quantitative estimate of drug-likeness (QED) is 0.566. The Morgan fingerprint density at radius 3 is 2.60 bits per heavy atom. The van der Waals surface area contributed by atoms with Gasteiger partial charge in [-0.15, -0.1) is 0 Å². The van der Waals surface area contributed by atoms with Crippen molar-refractivity contribution < 1.29 is 19.0 Å². The fourth-order valence-electron chi connectivity index (χ4n) is 3.70. The highest BCUT2D eigenvalue weighted by atomic mass is 16.5. The maximum Gasteiger partial charge on any atom is 0.197 e. The van der Waals surface area contributed by atoms with Crippen molar-refractivity contribution >= 4 is 11.0 Å². The maximum atomic E-state index is 12.5. The van der Waals surface area contributed by atoms with Crippen molar-refractivity contribution in [2.24, 2.45) is 0 Å². The Morgan fingerprint density at radius 1 is 1.00 bits per heavy atom. The van der Waals surface area contributed by atoms with Crippen LogP contribution in [0.1, 0.15) is 19.3 Å². The molecule has 0 spiro atoms. The Labute approximate surface area is 175 Å². The van der Waals surface area contributed by atoms with Gasteiger partial charge in [-0.25, -0.2) is 0 Å². The van der Waals surface area contributed by atoms with Crippen LogP contribution in [0.15, 0.2) is 57.7 Å². The SMILES string of the molecule is O=c1cc(-c2ccccc2)oc2cc(OCCCCCN3CCOCC3)cc(O)c12. The zero-order valence-corrected chi connectivity index (χ0v) is 17.0. The molecule has 0 atom stereocenters. The molecule has 0 amide bonds. The number of fused-ring (bicyclic) bond motifs is 1. The van der Waals surface area contributed by atoms with Crippen LogP contribution in [0.25, 0.3) is 22.3 Å². The van der Waals surface area contributed by atoms with Gasteiger partial charge in [0.25, 0.3) is 0 Å². The lowest BCUT2D eigenvalue weighted by Crippen LogP contribution is -2.36. The number of unbranched alkanes of at least 4 members (excludes halogenated alkanes) is 2. The largest absolute Gasteiger partial charge is 0.507 e. The third-order valence-corrected chi connectivity index (χ3v) is 5.33. The third kappa shape index (κ3) is 5.01. The monoisotopic (exact) mass is 409 g/mol. The molecule has 0 radical (unpaired) electrons. The van der Waals surface area contributed by atoms with E-state index in [1.54, 1.807) is 6.07 Å². The molecule has 6 nitrogen and oxygen atoms in total. The van der Waals surface area contributed by atoms with Crippen LogP contribution in [-0.4, -0.2) is 49.5 Å². The molecule has 2 aromatic carbocycles. The molecule has 1 aliphatic rings. The number of benzene rings is 2. The molecule has 1 fully saturated rings. The van der Waals surface area contributed by atoms with E-state index in [0.717, 1.165) is 57.7 Å². The summed E-state index contributed by atoms with van der Waals surface area (Å²) in [5, 5.41) is 10.5. The van der Waals surface area contributed by atoms with Gasteiger partial charge in [-0.3, -0.25) is 9.69 Å². The summed E-state index contributed by atoms with van der Waals surface area (Å²) in [5.74, 6) is 0.845. The number of morpholine rings is 1. The van der Waals surface area contributed by atoms with Crippen LogP contribution in [0.2, 0.25) is 0 Å². The van der Waals surface area contributed by atoms with E-state index < -0.39 is 0 Å². The van der Waals surface area contributed by atoms with Crippen LogP contribution in [0.3, 0.4) is 0 Å². The molecule has 1 aliphatic heterocycles. The number of nitrogens with zero attached hydrogens (tertiary/aromatic N) is 1. The Morgan fingerprint density at radius 2 is 1.80 bits per heavy atom. The second kappa shape index (κ2) is 9.78. The predicted molar refractivity (Wildman–Crippen MR) is 116 cm³/mol. The molecule has 158 valence electrons. The Balaban J connectivity index is 1.37. The average Bonchev–Trinajstić information content (AvgIpc) is 2.77. The normalized spacial score (nSPS) is 14.8. The van der Waals surface area contributed by atoms with Gasteiger partial charge in [0.2, 0.25) is 0 Å². The summed E-state index contributed by atoms with van der Waals surface area (Å²) in [7, 11) is 0. The average molecular weight is 409 g/mol. The lowest BCUT2D eigenvalue weighted by atomic mass is 10.1. The minimum Gasteiger partial charge on any atom is -0.507 e. The van der Waals surface area contributed by atoms with E-state index in [0.29, 0.717) is 23.7 Å². The summed E-state index contributed by atoms with van der Waals surface area (Å²) in [4.78, 5) is 14.9. The molecule has 4 rings (SSSR count). The molecule has 30 heavy (non-hydrogen) atoms. The molecule has 0 aliphatic carbocycles. The molecule has 3 aromatic rings. The Kier molecular flexibility index (Phi) is 6.67. The van der Waals surface area contributed by atoms with E-state index in [9.17, 15) is 9.90 Å².